The molecular formula is C17H17NO4. The molecular weight excluding hydrogens is 282 g/mol. The number of ether oxygens (including phenoxy) is 3. The summed E-state index contributed by atoms with van der Waals surface area (Å²) in [6, 6.07) is 8.94. The number of methoxy groups -OCH3 is 1. The van der Waals surface area contributed by atoms with E-state index in [2.05, 4.69) is 4.98 Å². The molecule has 1 aliphatic heterocycles. The van der Waals surface area contributed by atoms with Crippen LogP contribution in [0.15, 0.2) is 36.5 Å². The molecule has 0 N–H and O–H groups in total. The topological polar surface area (TPSA) is 57.7 Å². The molecule has 0 unspecified atom stereocenters. The third kappa shape index (κ3) is 2.88. The molecule has 22 heavy (non-hydrogen) atoms. The van der Waals surface area contributed by atoms with Crippen molar-refractivity contribution in [1.82, 2.24) is 4.98 Å². The van der Waals surface area contributed by atoms with Crippen LogP contribution in [-0.4, -0.2) is 24.2 Å². The van der Waals surface area contributed by atoms with Crippen LogP contribution in [0.2, 0.25) is 0 Å². The minimum atomic E-state index is -0.397. The van der Waals surface area contributed by atoms with Crippen molar-refractivity contribution >= 4 is 5.97 Å². The van der Waals surface area contributed by atoms with Gasteiger partial charge in [-0.2, -0.15) is 0 Å². The number of carbonyl (C=O) groups excluding carboxylic acids is 1. The maximum atomic E-state index is 12.2. The predicted octanol–water partition coefficient (Wildman–Crippen LogP) is 2.77. The van der Waals surface area contributed by atoms with Crippen LogP contribution in [0.1, 0.15) is 28.5 Å². The van der Waals surface area contributed by atoms with Crippen LogP contribution in [0, 0.1) is 0 Å². The number of rotatable bonds is 4. The van der Waals surface area contributed by atoms with Gasteiger partial charge in [0.25, 0.3) is 0 Å². The van der Waals surface area contributed by atoms with Crippen molar-refractivity contribution < 1.29 is 19.0 Å². The van der Waals surface area contributed by atoms with E-state index in [0.717, 1.165) is 17.7 Å². The first-order valence-electron chi connectivity index (χ1n) is 7.12. The summed E-state index contributed by atoms with van der Waals surface area (Å²) in [6.45, 7) is 2.13. The normalized spacial score (nSPS) is 15.8. The summed E-state index contributed by atoms with van der Waals surface area (Å²) in [5.74, 6) is 0.884. The Balaban J connectivity index is 1.77. The molecule has 1 atom stereocenters. The van der Waals surface area contributed by atoms with E-state index in [-0.39, 0.29) is 12.7 Å². The predicted molar refractivity (Wildman–Crippen MR) is 80.1 cm³/mol. The highest BCUT2D eigenvalue weighted by atomic mass is 16.5. The van der Waals surface area contributed by atoms with Gasteiger partial charge in [0.05, 0.1) is 18.4 Å². The Bertz CT molecular complexity index is 685. The van der Waals surface area contributed by atoms with Crippen molar-refractivity contribution in [2.45, 2.75) is 26.1 Å². The zero-order valence-corrected chi connectivity index (χ0v) is 12.5. The Hall–Kier alpha value is -2.56. The lowest BCUT2D eigenvalue weighted by Gasteiger charge is -2.10. The summed E-state index contributed by atoms with van der Waals surface area (Å²) in [5, 5.41) is 0. The number of pyridine rings is 1. The summed E-state index contributed by atoms with van der Waals surface area (Å²) in [7, 11) is 1.56. The number of hydrogen-bond donors (Lipinski definition) is 0. The smallest absolute Gasteiger partial charge is 0.338 e. The molecule has 5 heteroatoms. The molecule has 5 nitrogen and oxygen atoms in total. The molecule has 0 saturated carbocycles. The van der Waals surface area contributed by atoms with E-state index in [9.17, 15) is 4.79 Å². The Morgan fingerprint density at radius 2 is 2.27 bits per heavy atom. The highest BCUT2D eigenvalue weighted by Crippen LogP contribution is 2.39. The molecule has 1 aliphatic rings. The molecule has 1 aromatic carbocycles. The maximum absolute atomic E-state index is 12.2. The first-order chi connectivity index (χ1) is 10.7. The van der Waals surface area contributed by atoms with E-state index in [1.165, 1.54) is 0 Å². The second-order valence-electron chi connectivity index (χ2n) is 5.20. The lowest BCUT2D eigenvalue weighted by atomic mass is 10.1. The molecule has 1 aromatic heterocycles. The van der Waals surface area contributed by atoms with E-state index in [1.54, 1.807) is 19.4 Å². The molecule has 0 amide bonds. The van der Waals surface area contributed by atoms with Crippen molar-refractivity contribution in [2.24, 2.45) is 0 Å². The van der Waals surface area contributed by atoms with Gasteiger partial charge in [-0.25, -0.2) is 4.79 Å². The first-order valence-corrected chi connectivity index (χ1v) is 7.12. The third-order valence-corrected chi connectivity index (χ3v) is 3.49. The molecule has 0 radical (unpaired) electrons. The minimum absolute atomic E-state index is 0.0867. The first kappa shape index (κ1) is 14.4. The average Bonchev–Trinajstić information content (AvgIpc) is 2.92. The molecule has 0 bridgehead atoms. The zero-order valence-electron chi connectivity index (χ0n) is 12.5. The van der Waals surface area contributed by atoms with Gasteiger partial charge in [-0.05, 0) is 31.2 Å². The van der Waals surface area contributed by atoms with Gasteiger partial charge in [-0.3, -0.25) is 4.98 Å². The number of nitrogens with zero attached hydrogens (tertiary/aromatic N) is 1. The number of aromatic nitrogens is 1. The Kier molecular flexibility index (Phi) is 3.96. The largest absolute Gasteiger partial charge is 0.493 e. The quantitative estimate of drug-likeness (QED) is 0.813. The Morgan fingerprint density at radius 3 is 3.00 bits per heavy atom. The van der Waals surface area contributed by atoms with E-state index in [4.69, 9.17) is 14.2 Å². The van der Waals surface area contributed by atoms with Crippen molar-refractivity contribution in [3.63, 3.8) is 0 Å². The van der Waals surface area contributed by atoms with Crippen LogP contribution >= 0.6 is 0 Å². The summed E-state index contributed by atoms with van der Waals surface area (Å²) in [6.07, 6.45) is 2.51. The molecule has 0 fully saturated rings. The van der Waals surface area contributed by atoms with E-state index < -0.39 is 5.97 Å². The minimum Gasteiger partial charge on any atom is -0.493 e. The van der Waals surface area contributed by atoms with Gasteiger partial charge in [0.15, 0.2) is 11.5 Å². The van der Waals surface area contributed by atoms with Gasteiger partial charge in [0.2, 0.25) is 0 Å². The summed E-state index contributed by atoms with van der Waals surface area (Å²) in [5.41, 5.74) is 2.14. The van der Waals surface area contributed by atoms with Crippen LogP contribution in [-0.2, 0) is 17.8 Å². The third-order valence-electron chi connectivity index (χ3n) is 3.49. The molecule has 0 saturated heterocycles. The number of carbonyl (C=O) groups is 1. The number of fused-ring (bicyclic) bond motifs is 1. The van der Waals surface area contributed by atoms with Crippen LogP contribution in [0.3, 0.4) is 0 Å². The van der Waals surface area contributed by atoms with E-state index in [0.29, 0.717) is 17.0 Å². The lowest BCUT2D eigenvalue weighted by molar-refractivity contribution is 0.0467. The number of esters is 1. The van der Waals surface area contributed by atoms with Crippen LogP contribution < -0.4 is 9.47 Å². The molecule has 2 heterocycles. The number of benzene rings is 1. The lowest BCUT2D eigenvalue weighted by Crippen LogP contribution is -2.07. The fourth-order valence-electron chi connectivity index (χ4n) is 2.47. The standard InChI is InChI=1S/C17H17NO4/c1-11-7-12-8-13(9-15(20-2)16(12)22-11)17(19)21-10-14-5-3-4-6-18-14/h3-6,8-9,11H,7,10H2,1-2H3/t11-/m0/s1. The Morgan fingerprint density at radius 1 is 1.41 bits per heavy atom. The fraction of sp³-hybridized carbons (Fsp3) is 0.294. The SMILES string of the molecule is COc1cc(C(=O)OCc2ccccn2)cc2c1O[C@@H](C)C2. The average molecular weight is 299 g/mol. The second kappa shape index (κ2) is 6.05. The van der Waals surface area contributed by atoms with Gasteiger partial charge in [-0.15, -0.1) is 0 Å². The fourth-order valence-corrected chi connectivity index (χ4v) is 2.47. The van der Waals surface area contributed by atoms with Gasteiger partial charge < -0.3 is 14.2 Å². The van der Waals surface area contributed by atoms with Gasteiger partial charge in [-0.1, -0.05) is 6.07 Å². The van der Waals surface area contributed by atoms with Gasteiger partial charge in [0.1, 0.15) is 12.7 Å². The summed E-state index contributed by atoms with van der Waals surface area (Å²) >= 11 is 0. The highest BCUT2D eigenvalue weighted by molar-refractivity contribution is 5.90. The van der Waals surface area contributed by atoms with Crippen LogP contribution in [0.4, 0.5) is 0 Å². The summed E-state index contributed by atoms with van der Waals surface area (Å²) < 4.78 is 16.3. The molecule has 3 rings (SSSR count). The van der Waals surface area contributed by atoms with Crippen molar-refractivity contribution in [2.75, 3.05) is 7.11 Å². The molecule has 0 aliphatic carbocycles. The van der Waals surface area contributed by atoms with E-state index >= 15 is 0 Å². The van der Waals surface area contributed by atoms with Crippen molar-refractivity contribution in [3.8, 4) is 11.5 Å². The van der Waals surface area contributed by atoms with Crippen LogP contribution in [0.25, 0.3) is 0 Å². The molecule has 0 spiro atoms. The maximum Gasteiger partial charge on any atom is 0.338 e. The monoisotopic (exact) mass is 299 g/mol. The molecule has 114 valence electrons. The second-order valence-corrected chi connectivity index (χ2v) is 5.20. The molecule has 2 aromatic rings. The van der Waals surface area contributed by atoms with Gasteiger partial charge >= 0.3 is 5.97 Å². The van der Waals surface area contributed by atoms with Crippen molar-refractivity contribution in [1.29, 1.82) is 0 Å². The van der Waals surface area contributed by atoms with E-state index in [1.807, 2.05) is 31.2 Å². The number of hydrogen-bond acceptors (Lipinski definition) is 5. The Labute approximate surface area is 128 Å². The summed E-state index contributed by atoms with van der Waals surface area (Å²) in [4.78, 5) is 16.3. The van der Waals surface area contributed by atoms with Crippen molar-refractivity contribution in [3.05, 3.63) is 53.3 Å². The zero-order chi connectivity index (χ0) is 15.5. The van der Waals surface area contributed by atoms with Gasteiger partial charge in [0, 0.05) is 18.2 Å². The van der Waals surface area contributed by atoms with Crippen LogP contribution in [0.5, 0.6) is 11.5 Å². The highest BCUT2D eigenvalue weighted by Gasteiger charge is 2.25.